The van der Waals surface area contributed by atoms with Crippen molar-refractivity contribution in [3.63, 3.8) is 0 Å². The Balaban J connectivity index is 1.54. The Bertz CT molecular complexity index is 802. The minimum atomic E-state index is -0.140. The number of rotatable bonds is 7. The molecule has 8 heteroatoms. The molecule has 1 aliphatic rings. The molecule has 0 aromatic heterocycles. The Hall–Kier alpha value is -1.74. The third-order valence-corrected chi connectivity index (χ3v) is 5.30. The lowest BCUT2D eigenvalue weighted by Gasteiger charge is -2.25. The number of halogens is 2. The van der Waals surface area contributed by atoms with E-state index in [0.717, 1.165) is 38.9 Å². The molecule has 0 bridgehead atoms. The number of benzene rings is 2. The molecular weight excluding hydrogens is 490 g/mol. The Morgan fingerprint density at radius 1 is 1.18 bits per heavy atom. The minimum absolute atomic E-state index is 0.140. The minimum Gasteiger partial charge on any atom is -0.487 e. The lowest BCUT2D eigenvalue weighted by atomic mass is 10.2. The maximum absolute atomic E-state index is 12.0. The first-order valence-electron chi connectivity index (χ1n) is 8.89. The van der Waals surface area contributed by atoms with Crippen molar-refractivity contribution >= 4 is 44.0 Å². The third kappa shape index (κ3) is 6.41. The van der Waals surface area contributed by atoms with Crippen molar-refractivity contribution in [2.24, 2.45) is 5.10 Å². The van der Waals surface area contributed by atoms with Gasteiger partial charge in [0.05, 0.1) is 34.9 Å². The van der Waals surface area contributed by atoms with Crippen LogP contribution >= 0.6 is 31.9 Å². The maximum atomic E-state index is 12.0. The first kappa shape index (κ1) is 21.0. The second-order valence-corrected chi connectivity index (χ2v) is 7.98. The fourth-order valence-electron chi connectivity index (χ4n) is 2.70. The molecule has 1 heterocycles. The summed E-state index contributed by atoms with van der Waals surface area (Å²) in [4.78, 5) is 14.0. The van der Waals surface area contributed by atoms with Gasteiger partial charge in [-0.05, 0) is 55.1 Å². The number of carbonyl (C=O) groups is 1. The standard InChI is InChI=1S/C20H21Br2N3O3/c21-17-10-16(12-23-24-19(26)13-25-6-8-27-9-7-25)11-18(22)20(17)28-14-15-4-2-1-3-5-15/h1-5,10-12H,6-9,13-14H2,(H,24,26)/b23-12+. The normalized spacial score (nSPS) is 14.9. The molecule has 3 rings (SSSR count). The highest BCUT2D eigenvalue weighted by Crippen LogP contribution is 2.35. The van der Waals surface area contributed by atoms with E-state index in [0.29, 0.717) is 26.4 Å². The summed E-state index contributed by atoms with van der Waals surface area (Å²) in [6.07, 6.45) is 1.60. The Morgan fingerprint density at radius 3 is 2.54 bits per heavy atom. The summed E-state index contributed by atoms with van der Waals surface area (Å²) >= 11 is 7.07. The van der Waals surface area contributed by atoms with Gasteiger partial charge in [0.15, 0.2) is 0 Å². The quantitative estimate of drug-likeness (QED) is 0.457. The van der Waals surface area contributed by atoms with Crippen LogP contribution in [0.4, 0.5) is 0 Å². The number of nitrogens with zero attached hydrogens (tertiary/aromatic N) is 2. The van der Waals surface area contributed by atoms with E-state index < -0.39 is 0 Å². The summed E-state index contributed by atoms with van der Waals surface area (Å²) in [7, 11) is 0. The van der Waals surface area contributed by atoms with E-state index in [9.17, 15) is 4.79 Å². The van der Waals surface area contributed by atoms with Crippen molar-refractivity contribution in [1.29, 1.82) is 0 Å². The van der Waals surface area contributed by atoms with Gasteiger partial charge in [-0.1, -0.05) is 30.3 Å². The van der Waals surface area contributed by atoms with Gasteiger partial charge in [-0.3, -0.25) is 9.69 Å². The van der Waals surface area contributed by atoms with E-state index in [1.807, 2.05) is 47.4 Å². The van der Waals surface area contributed by atoms with Gasteiger partial charge in [0.1, 0.15) is 12.4 Å². The smallest absolute Gasteiger partial charge is 0.254 e. The van der Waals surface area contributed by atoms with Crippen LogP contribution in [0.1, 0.15) is 11.1 Å². The second-order valence-electron chi connectivity index (χ2n) is 6.27. The molecule has 0 radical (unpaired) electrons. The summed E-state index contributed by atoms with van der Waals surface area (Å²) in [5, 5.41) is 4.05. The zero-order chi connectivity index (χ0) is 19.8. The van der Waals surface area contributed by atoms with E-state index in [1.54, 1.807) is 6.21 Å². The van der Waals surface area contributed by atoms with Gasteiger partial charge in [-0.2, -0.15) is 5.10 Å². The van der Waals surface area contributed by atoms with Crippen molar-refractivity contribution in [1.82, 2.24) is 10.3 Å². The molecule has 0 saturated carbocycles. The molecule has 1 saturated heterocycles. The number of ether oxygens (including phenoxy) is 2. The van der Waals surface area contributed by atoms with Gasteiger partial charge < -0.3 is 9.47 Å². The molecule has 28 heavy (non-hydrogen) atoms. The van der Waals surface area contributed by atoms with Gasteiger partial charge in [-0.15, -0.1) is 0 Å². The number of hydrogen-bond donors (Lipinski definition) is 1. The molecule has 1 aliphatic heterocycles. The molecule has 0 spiro atoms. The Kier molecular flexibility index (Phi) is 8.02. The predicted molar refractivity (Wildman–Crippen MR) is 116 cm³/mol. The summed E-state index contributed by atoms with van der Waals surface area (Å²) < 4.78 is 12.8. The zero-order valence-electron chi connectivity index (χ0n) is 15.2. The van der Waals surface area contributed by atoms with Crippen LogP contribution in [-0.2, 0) is 16.1 Å². The van der Waals surface area contributed by atoms with Gasteiger partial charge in [0.2, 0.25) is 0 Å². The number of hydrogen-bond acceptors (Lipinski definition) is 5. The predicted octanol–water partition coefficient (Wildman–Crippen LogP) is 3.57. The van der Waals surface area contributed by atoms with Gasteiger partial charge in [-0.25, -0.2) is 5.43 Å². The lowest BCUT2D eigenvalue weighted by molar-refractivity contribution is -0.123. The van der Waals surface area contributed by atoms with E-state index >= 15 is 0 Å². The van der Waals surface area contributed by atoms with E-state index in [2.05, 4.69) is 42.4 Å². The third-order valence-electron chi connectivity index (χ3n) is 4.12. The van der Waals surface area contributed by atoms with Gasteiger partial charge in [0, 0.05) is 13.1 Å². The Morgan fingerprint density at radius 2 is 1.86 bits per heavy atom. The van der Waals surface area contributed by atoms with Crippen LogP contribution in [0.3, 0.4) is 0 Å². The van der Waals surface area contributed by atoms with Crippen molar-refractivity contribution in [2.45, 2.75) is 6.61 Å². The molecule has 2 aromatic carbocycles. The number of morpholine rings is 1. The largest absolute Gasteiger partial charge is 0.487 e. The summed E-state index contributed by atoms with van der Waals surface area (Å²) in [5.74, 6) is 0.580. The molecule has 1 N–H and O–H groups in total. The Labute approximate surface area is 181 Å². The van der Waals surface area contributed by atoms with Crippen molar-refractivity contribution in [3.8, 4) is 5.75 Å². The van der Waals surface area contributed by atoms with Gasteiger partial charge >= 0.3 is 0 Å². The molecule has 1 amide bonds. The van der Waals surface area contributed by atoms with Crippen LogP contribution in [0.15, 0.2) is 56.5 Å². The lowest BCUT2D eigenvalue weighted by Crippen LogP contribution is -2.42. The van der Waals surface area contributed by atoms with E-state index in [4.69, 9.17) is 9.47 Å². The molecule has 0 aliphatic carbocycles. The maximum Gasteiger partial charge on any atom is 0.254 e. The van der Waals surface area contributed by atoms with Crippen LogP contribution in [-0.4, -0.2) is 49.9 Å². The average molecular weight is 511 g/mol. The highest BCUT2D eigenvalue weighted by atomic mass is 79.9. The topological polar surface area (TPSA) is 63.2 Å². The number of carbonyl (C=O) groups excluding carboxylic acids is 1. The van der Waals surface area contributed by atoms with Crippen molar-refractivity contribution in [3.05, 3.63) is 62.5 Å². The first-order valence-corrected chi connectivity index (χ1v) is 10.5. The van der Waals surface area contributed by atoms with Crippen LogP contribution in [0.25, 0.3) is 0 Å². The van der Waals surface area contributed by atoms with E-state index in [-0.39, 0.29) is 5.91 Å². The number of amides is 1. The molecule has 148 valence electrons. The molecule has 0 atom stereocenters. The molecule has 6 nitrogen and oxygen atoms in total. The second kappa shape index (κ2) is 10.7. The van der Waals surface area contributed by atoms with Crippen LogP contribution in [0.2, 0.25) is 0 Å². The number of nitrogens with one attached hydrogen (secondary N) is 1. The summed E-state index contributed by atoms with van der Waals surface area (Å²) in [6, 6.07) is 13.8. The highest BCUT2D eigenvalue weighted by Gasteiger charge is 2.13. The van der Waals surface area contributed by atoms with Crippen LogP contribution in [0.5, 0.6) is 5.75 Å². The summed E-state index contributed by atoms with van der Waals surface area (Å²) in [5.41, 5.74) is 4.49. The van der Waals surface area contributed by atoms with Crippen LogP contribution < -0.4 is 10.2 Å². The van der Waals surface area contributed by atoms with Crippen molar-refractivity contribution < 1.29 is 14.3 Å². The molecule has 1 fully saturated rings. The van der Waals surface area contributed by atoms with Crippen molar-refractivity contribution in [2.75, 3.05) is 32.8 Å². The number of hydrazone groups is 1. The fraction of sp³-hybridized carbons (Fsp3) is 0.300. The van der Waals surface area contributed by atoms with Gasteiger partial charge in [0.25, 0.3) is 5.91 Å². The molecular formula is C20H21Br2N3O3. The fourth-order valence-corrected chi connectivity index (χ4v) is 4.15. The SMILES string of the molecule is O=C(CN1CCOCC1)N/N=C/c1cc(Br)c(OCc2ccccc2)c(Br)c1. The average Bonchev–Trinajstić information content (AvgIpc) is 2.69. The molecule has 2 aromatic rings. The van der Waals surface area contributed by atoms with Crippen LogP contribution in [0, 0.1) is 0 Å². The molecule has 0 unspecified atom stereocenters. The van der Waals surface area contributed by atoms with E-state index in [1.165, 1.54) is 0 Å². The summed E-state index contributed by atoms with van der Waals surface area (Å²) in [6.45, 7) is 3.65. The zero-order valence-corrected chi connectivity index (χ0v) is 18.4. The first-order chi connectivity index (χ1) is 13.6. The highest BCUT2D eigenvalue weighted by molar-refractivity contribution is 9.11. The monoisotopic (exact) mass is 509 g/mol.